The average Bonchev–Trinajstić information content (AvgIpc) is 3.58. The molecule has 0 radical (unpaired) electrons. The molecule has 3 aliphatic rings. The van der Waals surface area contributed by atoms with Crippen molar-refractivity contribution in [1.82, 2.24) is 14.8 Å². The maximum Gasteiger partial charge on any atom is 0.261 e. The first kappa shape index (κ1) is 29.7. The Morgan fingerprint density at radius 1 is 0.978 bits per heavy atom. The minimum absolute atomic E-state index is 0.0373. The maximum absolute atomic E-state index is 13.4. The van der Waals surface area contributed by atoms with Crippen molar-refractivity contribution in [2.24, 2.45) is 4.99 Å². The van der Waals surface area contributed by atoms with E-state index in [0.717, 1.165) is 48.0 Å². The molecule has 1 saturated heterocycles. The number of ether oxygens (including phenoxy) is 2. The number of carbonyl (C=O) groups is 2. The van der Waals surface area contributed by atoms with Crippen LogP contribution in [0.5, 0.6) is 11.5 Å². The highest BCUT2D eigenvalue weighted by Crippen LogP contribution is 2.37. The van der Waals surface area contributed by atoms with Gasteiger partial charge in [-0.1, -0.05) is 12.1 Å². The smallest absolute Gasteiger partial charge is 0.261 e. The highest BCUT2D eigenvalue weighted by molar-refractivity contribution is 6.22. The van der Waals surface area contributed by atoms with Gasteiger partial charge >= 0.3 is 0 Å². The summed E-state index contributed by atoms with van der Waals surface area (Å²) in [6, 6.07) is 16.5. The van der Waals surface area contributed by atoms with E-state index in [2.05, 4.69) is 15.2 Å². The zero-order chi connectivity index (χ0) is 31.9. The van der Waals surface area contributed by atoms with Crippen molar-refractivity contribution in [2.75, 3.05) is 45.7 Å². The zero-order valence-corrected chi connectivity index (χ0v) is 25.7. The number of aromatic nitrogens is 1. The fraction of sp³-hybridized carbons (Fsp3) is 0.314. The van der Waals surface area contributed by atoms with Crippen LogP contribution in [0.4, 0.5) is 11.4 Å². The van der Waals surface area contributed by atoms with Crippen LogP contribution >= 0.6 is 0 Å². The third kappa shape index (κ3) is 5.52. The van der Waals surface area contributed by atoms with Crippen molar-refractivity contribution in [3.8, 4) is 11.5 Å². The summed E-state index contributed by atoms with van der Waals surface area (Å²) in [4.78, 5) is 50.9. The van der Waals surface area contributed by atoms with Crippen molar-refractivity contribution in [3.05, 3.63) is 93.4 Å². The number of pyridine rings is 1. The Morgan fingerprint density at radius 3 is 2.46 bits per heavy atom. The van der Waals surface area contributed by atoms with Crippen molar-refractivity contribution in [3.63, 3.8) is 0 Å². The molecular formula is C35H35N5O6. The van der Waals surface area contributed by atoms with Crippen LogP contribution in [-0.4, -0.2) is 90.0 Å². The number of H-pyrrole nitrogens is 1. The van der Waals surface area contributed by atoms with E-state index in [1.54, 1.807) is 25.3 Å². The number of fused-ring (bicyclic) bond motifs is 3. The summed E-state index contributed by atoms with van der Waals surface area (Å²) in [5.41, 5.74) is 3.18. The molecule has 4 heterocycles. The number of amides is 2. The number of hydrogen-bond acceptors (Lipinski definition) is 9. The molecule has 11 nitrogen and oxygen atoms in total. The summed E-state index contributed by atoms with van der Waals surface area (Å²) in [6.07, 6.45) is 2.51. The topological polar surface area (TPSA) is 137 Å². The predicted octanol–water partition coefficient (Wildman–Crippen LogP) is 3.76. The van der Waals surface area contributed by atoms with Gasteiger partial charge in [0, 0.05) is 25.2 Å². The fourth-order valence-corrected chi connectivity index (χ4v) is 6.49. The Hall–Kier alpha value is -5.00. The van der Waals surface area contributed by atoms with Gasteiger partial charge in [-0.2, -0.15) is 0 Å². The Morgan fingerprint density at radius 2 is 1.70 bits per heavy atom. The van der Waals surface area contributed by atoms with Crippen LogP contribution in [0.25, 0.3) is 10.8 Å². The number of piperidine rings is 1. The molecule has 1 aromatic heterocycles. The maximum atomic E-state index is 13.4. The van der Waals surface area contributed by atoms with Crippen LogP contribution in [0.2, 0.25) is 0 Å². The Kier molecular flexibility index (Phi) is 7.79. The third-order valence-corrected chi connectivity index (χ3v) is 9.02. The summed E-state index contributed by atoms with van der Waals surface area (Å²) >= 11 is 0. The first-order chi connectivity index (χ1) is 22.3. The van der Waals surface area contributed by atoms with E-state index in [1.165, 1.54) is 11.1 Å². The van der Waals surface area contributed by atoms with Crippen molar-refractivity contribution >= 4 is 39.7 Å². The molecule has 3 aliphatic heterocycles. The summed E-state index contributed by atoms with van der Waals surface area (Å²) in [7, 11) is 3.66. The second-order valence-corrected chi connectivity index (χ2v) is 12.1. The Balaban J connectivity index is 1.04. The van der Waals surface area contributed by atoms with Crippen molar-refractivity contribution in [1.29, 1.82) is 0 Å². The van der Waals surface area contributed by atoms with Gasteiger partial charge in [0.25, 0.3) is 17.4 Å². The lowest BCUT2D eigenvalue weighted by Crippen LogP contribution is -2.46. The van der Waals surface area contributed by atoms with E-state index in [4.69, 9.17) is 14.5 Å². The highest BCUT2D eigenvalue weighted by atomic mass is 16.5. The average molecular weight is 622 g/mol. The molecule has 1 unspecified atom stereocenters. The summed E-state index contributed by atoms with van der Waals surface area (Å²) in [6.45, 7) is 1.85. The van der Waals surface area contributed by atoms with E-state index < -0.39 is 6.10 Å². The fourth-order valence-electron chi connectivity index (χ4n) is 6.49. The molecule has 4 aromatic rings. The number of nitrogens with one attached hydrogen (secondary N) is 2. The lowest BCUT2D eigenvalue weighted by atomic mass is 10.00. The van der Waals surface area contributed by atoms with Gasteiger partial charge in [-0.15, -0.1) is 0 Å². The van der Waals surface area contributed by atoms with Crippen LogP contribution in [0, 0.1) is 0 Å². The number of carbonyl (C=O) groups excluding carboxylic acids is 2. The minimum atomic E-state index is -0.872. The van der Waals surface area contributed by atoms with Gasteiger partial charge in [0.2, 0.25) is 0 Å². The first-order valence-electron chi connectivity index (χ1n) is 15.4. The lowest BCUT2D eigenvalue weighted by molar-refractivity contribution is 0.0516. The molecule has 1 atom stereocenters. The Labute approximate surface area is 265 Å². The molecule has 11 heteroatoms. The van der Waals surface area contributed by atoms with E-state index in [1.807, 2.05) is 43.4 Å². The SMILES string of the molecule is COc1ccc2ccc(OCC(O)CNc3cc[nH]c(=O)c3C3=Nc4cc5c(cc4C3)C(=O)N(C3CCN(C)CC3)C5=O)cc2c1. The molecule has 3 aromatic carbocycles. The monoisotopic (exact) mass is 621 g/mol. The molecule has 7 rings (SSSR count). The number of aromatic amines is 1. The number of imide groups is 1. The molecule has 46 heavy (non-hydrogen) atoms. The molecule has 2 amide bonds. The summed E-state index contributed by atoms with van der Waals surface area (Å²) < 4.78 is 11.2. The van der Waals surface area contributed by atoms with Crippen LogP contribution in [0.1, 0.15) is 44.7 Å². The number of aliphatic hydroxyl groups excluding tert-OH is 1. The first-order valence-corrected chi connectivity index (χ1v) is 15.4. The van der Waals surface area contributed by atoms with E-state index in [-0.39, 0.29) is 36.6 Å². The van der Waals surface area contributed by atoms with E-state index >= 15 is 0 Å². The number of nitrogens with zero attached hydrogens (tertiary/aromatic N) is 3. The van der Waals surface area contributed by atoms with Gasteiger partial charge in [0.15, 0.2) is 0 Å². The second-order valence-electron chi connectivity index (χ2n) is 12.1. The van der Waals surface area contributed by atoms with Gasteiger partial charge < -0.3 is 29.8 Å². The number of aliphatic imine (C=N–C) groups is 1. The normalized spacial score (nSPS) is 17.2. The number of likely N-dealkylation sites (tertiary alicyclic amines) is 1. The van der Waals surface area contributed by atoms with Crippen molar-refractivity contribution in [2.45, 2.75) is 31.4 Å². The molecule has 1 fully saturated rings. The number of aliphatic hydroxyl groups is 1. The van der Waals surface area contributed by atoms with Crippen LogP contribution in [-0.2, 0) is 6.42 Å². The number of hydrogen-bond donors (Lipinski definition) is 3. The van der Waals surface area contributed by atoms with Crippen LogP contribution < -0.4 is 20.3 Å². The number of methoxy groups -OCH3 is 1. The number of benzene rings is 3. The molecular weight excluding hydrogens is 586 g/mol. The molecule has 3 N–H and O–H groups in total. The van der Waals surface area contributed by atoms with Crippen LogP contribution in [0.15, 0.2) is 70.6 Å². The molecule has 236 valence electrons. The zero-order valence-electron chi connectivity index (χ0n) is 25.7. The third-order valence-electron chi connectivity index (χ3n) is 9.02. The van der Waals surface area contributed by atoms with Gasteiger partial charge in [0.1, 0.15) is 24.2 Å². The van der Waals surface area contributed by atoms with Gasteiger partial charge in [0.05, 0.1) is 40.9 Å². The molecule has 0 aliphatic carbocycles. The minimum Gasteiger partial charge on any atom is -0.497 e. The van der Waals surface area contributed by atoms with E-state index in [9.17, 15) is 19.5 Å². The predicted molar refractivity (Wildman–Crippen MR) is 175 cm³/mol. The summed E-state index contributed by atoms with van der Waals surface area (Å²) in [5.74, 6) is 0.831. The van der Waals surface area contributed by atoms with Crippen molar-refractivity contribution < 1.29 is 24.2 Å². The molecule has 0 bridgehead atoms. The standard InChI is InChI=1S/C35H35N5O6/c1-39-11-8-23(9-12-39)40-34(43)27-15-22-16-31(38-30(22)17-28(27)35(40)44)32-29(7-10-36-33(32)42)37-18-24(41)19-46-26-6-4-20-3-5-25(45-2)13-21(20)14-26/h3-7,10,13-15,17,23-24,41H,8-9,11-12,16,18-19H2,1-2H3,(H2,36,37,42). The van der Waals surface area contributed by atoms with Gasteiger partial charge in [-0.3, -0.25) is 24.3 Å². The molecule has 0 saturated carbocycles. The number of rotatable bonds is 9. The number of anilines is 1. The van der Waals surface area contributed by atoms with E-state index in [0.29, 0.717) is 45.9 Å². The molecule has 0 spiro atoms. The quantitative estimate of drug-likeness (QED) is 0.241. The van der Waals surface area contributed by atoms with Gasteiger partial charge in [-0.25, -0.2) is 0 Å². The van der Waals surface area contributed by atoms with Crippen LogP contribution in [0.3, 0.4) is 0 Å². The lowest BCUT2D eigenvalue weighted by Gasteiger charge is -2.33. The summed E-state index contributed by atoms with van der Waals surface area (Å²) in [5, 5.41) is 15.9. The second kappa shape index (κ2) is 12.1. The largest absolute Gasteiger partial charge is 0.497 e. The van der Waals surface area contributed by atoms with Gasteiger partial charge in [-0.05, 0) is 91.8 Å². The highest BCUT2D eigenvalue weighted by Gasteiger charge is 2.42. The Bertz CT molecular complexity index is 1940.